The van der Waals surface area contributed by atoms with Crippen molar-refractivity contribution in [2.45, 2.75) is 27.4 Å². The Balaban J connectivity index is 1.93. The Hall–Kier alpha value is -3.15. The Labute approximate surface area is 152 Å². The van der Waals surface area contributed by atoms with Crippen LogP contribution in [0.5, 0.6) is 5.75 Å². The fourth-order valence-corrected chi connectivity index (χ4v) is 2.76. The highest BCUT2D eigenvalue weighted by atomic mass is 16.5. The predicted molar refractivity (Wildman–Crippen MR) is 102 cm³/mol. The summed E-state index contributed by atoms with van der Waals surface area (Å²) in [6.07, 6.45) is 0. The normalized spacial score (nSPS) is 10.8. The van der Waals surface area contributed by atoms with Crippen molar-refractivity contribution in [3.63, 3.8) is 0 Å². The van der Waals surface area contributed by atoms with Gasteiger partial charge in [-0.3, -0.25) is 0 Å². The van der Waals surface area contributed by atoms with Crippen molar-refractivity contribution in [3.8, 4) is 11.4 Å². The highest BCUT2D eigenvalue weighted by molar-refractivity contribution is 5.63. The van der Waals surface area contributed by atoms with Gasteiger partial charge in [0, 0.05) is 12.6 Å². The molecule has 2 aromatic carbocycles. The third-order valence-corrected chi connectivity index (χ3v) is 4.38. The average Bonchev–Trinajstić information content (AvgIpc) is 2.93. The lowest BCUT2D eigenvalue weighted by Gasteiger charge is -2.15. The van der Waals surface area contributed by atoms with Gasteiger partial charge in [-0.2, -0.15) is 9.36 Å². The topological polar surface area (TPSA) is 61.9 Å². The van der Waals surface area contributed by atoms with Crippen molar-refractivity contribution < 1.29 is 4.74 Å². The van der Waals surface area contributed by atoms with Crippen LogP contribution in [-0.4, -0.2) is 19.8 Å². The summed E-state index contributed by atoms with van der Waals surface area (Å²) >= 11 is 0. The number of aryl methyl sites for hydroxylation is 3. The third-order valence-electron chi connectivity index (χ3n) is 4.38. The fraction of sp³-hybridized carbons (Fsp3) is 0.250. The maximum atomic E-state index is 12.2. The van der Waals surface area contributed by atoms with E-state index < -0.39 is 0 Å². The molecule has 0 radical (unpaired) electrons. The zero-order valence-corrected chi connectivity index (χ0v) is 15.5. The molecule has 0 unspecified atom stereocenters. The Kier molecular flexibility index (Phi) is 4.75. The van der Waals surface area contributed by atoms with E-state index in [0.29, 0.717) is 12.3 Å². The lowest BCUT2D eigenvalue weighted by Crippen LogP contribution is -2.23. The number of allylic oxidation sites excluding steroid dienone is 1. The third kappa shape index (κ3) is 3.31. The molecule has 0 amide bonds. The molecule has 6 nitrogen and oxygen atoms in total. The van der Waals surface area contributed by atoms with Gasteiger partial charge in [-0.25, -0.2) is 4.79 Å². The van der Waals surface area contributed by atoms with E-state index in [1.807, 2.05) is 51.1 Å². The van der Waals surface area contributed by atoms with Gasteiger partial charge in [-0.05, 0) is 66.1 Å². The monoisotopic (exact) mass is 350 g/mol. The van der Waals surface area contributed by atoms with Gasteiger partial charge in [0.15, 0.2) is 0 Å². The molecular weight excluding hydrogens is 328 g/mol. The summed E-state index contributed by atoms with van der Waals surface area (Å²) in [5.74, 6) is 0.802. The van der Waals surface area contributed by atoms with Crippen LogP contribution in [0.1, 0.15) is 29.2 Å². The fourth-order valence-electron chi connectivity index (χ4n) is 2.76. The molecule has 3 rings (SSSR count). The van der Waals surface area contributed by atoms with Gasteiger partial charge < -0.3 is 4.74 Å². The van der Waals surface area contributed by atoms with Crippen LogP contribution in [-0.2, 0) is 13.7 Å². The van der Waals surface area contributed by atoms with E-state index in [2.05, 4.69) is 23.1 Å². The minimum Gasteiger partial charge on any atom is -0.489 e. The van der Waals surface area contributed by atoms with E-state index in [9.17, 15) is 4.79 Å². The van der Waals surface area contributed by atoms with E-state index in [4.69, 9.17) is 4.74 Å². The Morgan fingerprint density at radius 3 is 2.54 bits per heavy atom. The number of rotatable bonds is 5. The van der Waals surface area contributed by atoms with Crippen molar-refractivity contribution in [1.82, 2.24) is 19.8 Å². The van der Waals surface area contributed by atoms with Crippen LogP contribution in [0.2, 0.25) is 0 Å². The second-order valence-electron chi connectivity index (χ2n) is 6.42. The summed E-state index contributed by atoms with van der Waals surface area (Å²) in [5, 5.41) is 7.73. The molecule has 0 aliphatic carbocycles. The van der Waals surface area contributed by atoms with Crippen LogP contribution in [0.3, 0.4) is 0 Å². The highest BCUT2D eigenvalue weighted by Gasteiger charge is 2.14. The molecule has 0 saturated heterocycles. The van der Waals surface area contributed by atoms with E-state index in [1.165, 1.54) is 9.36 Å². The molecule has 26 heavy (non-hydrogen) atoms. The van der Waals surface area contributed by atoms with Crippen LogP contribution in [0.25, 0.3) is 11.3 Å². The molecule has 0 spiro atoms. The first-order valence-electron chi connectivity index (χ1n) is 8.35. The molecule has 3 aromatic rings. The number of benzene rings is 2. The summed E-state index contributed by atoms with van der Waals surface area (Å²) < 4.78 is 8.54. The molecule has 1 aromatic heterocycles. The molecule has 0 N–H and O–H groups in total. The minimum atomic E-state index is -0.293. The zero-order valence-electron chi connectivity index (χ0n) is 15.5. The second-order valence-corrected chi connectivity index (χ2v) is 6.42. The number of hydrogen-bond donors (Lipinski definition) is 0. The summed E-state index contributed by atoms with van der Waals surface area (Å²) in [6.45, 7) is 10.3. The summed E-state index contributed by atoms with van der Waals surface area (Å²) in [6, 6.07) is 11.7. The number of hydrogen-bond acceptors (Lipinski definition) is 4. The van der Waals surface area contributed by atoms with Crippen LogP contribution in [0.4, 0.5) is 0 Å². The molecule has 0 bridgehead atoms. The zero-order chi connectivity index (χ0) is 18.8. The molecule has 0 aliphatic heterocycles. The van der Waals surface area contributed by atoms with Crippen LogP contribution in [0.15, 0.2) is 47.8 Å². The molecule has 134 valence electrons. The number of ether oxygens (including phenoxy) is 1. The number of aromatic nitrogens is 4. The molecule has 0 saturated carbocycles. The second kappa shape index (κ2) is 7.00. The van der Waals surface area contributed by atoms with E-state index in [1.54, 1.807) is 7.05 Å². The van der Waals surface area contributed by atoms with E-state index >= 15 is 0 Å². The van der Waals surface area contributed by atoms with Gasteiger partial charge in [-0.1, -0.05) is 30.4 Å². The maximum absolute atomic E-state index is 12.2. The minimum absolute atomic E-state index is 0.293. The smallest absolute Gasteiger partial charge is 0.368 e. The summed E-state index contributed by atoms with van der Waals surface area (Å²) in [4.78, 5) is 12.2. The number of nitrogens with zero attached hydrogens (tertiary/aromatic N) is 4. The SMILES string of the molecule is C=C(C)c1ccc(OCc2c(C)cccc2-n2nnn(C)c2=O)c(C)c1. The predicted octanol–water partition coefficient (Wildman–Crippen LogP) is 3.19. The van der Waals surface area contributed by atoms with Gasteiger partial charge in [0.25, 0.3) is 0 Å². The average molecular weight is 350 g/mol. The Morgan fingerprint density at radius 2 is 1.92 bits per heavy atom. The van der Waals surface area contributed by atoms with Crippen molar-refractivity contribution in [2.75, 3.05) is 0 Å². The lowest BCUT2D eigenvalue weighted by molar-refractivity contribution is 0.302. The molecule has 0 atom stereocenters. The quantitative estimate of drug-likeness (QED) is 0.709. The maximum Gasteiger partial charge on any atom is 0.368 e. The lowest BCUT2D eigenvalue weighted by atomic mass is 10.1. The van der Waals surface area contributed by atoms with Crippen molar-refractivity contribution in [3.05, 3.63) is 75.7 Å². The van der Waals surface area contributed by atoms with Gasteiger partial charge in [0.2, 0.25) is 0 Å². The molecule has 1 heterocycles. The first-order chi connectivity index (χ1) is 12.4. The first kappa shape index (κ1) is 17.7. The Bertz CT molecular complexity index is 1030. The summed E-state index contributed by atoms with van der Waals surface area (Å²) in [7, 11) is 1.57. The van der Waals surface area contributed by atoms with E-state index in [-0.39, 0.29) is 5.69 Å². The first-order valence-corrected chi connectivity index (χ1v) is 8.35. The molecular formula is C20H22N4O2. The van der Waals surface area contributed by atoms with Crippen molar-refractivity contribution >= 4 is 5.57 Å². The largest absolute Gasteiger partial charge is 0.489 e. The van der Waals surface area contributed by atoms with Crippen LogP contribution in [0, 0.1) is 13.8 Å². The standard InChI is InChI=1S/C20H22N4O2/c1-13(2)16-9-10-19(15(4)11-16)26-12-17-14(3)7-6-8-18(17)24-20(25)23(5)21-22-24/h6-11H,1,12H2,2-5H3. The van der Waals surface area contributed by atoms with Crippen molar-refractivity contribution in [2.24, 2.45) is 7.05 Å². The van der Waals surface area contributed by atoms with Gasteiger partial charge in [-0.15, -0.1) is 0 Å². The number of tetrazole rings is 1. The molecule has 6 heteroatoms. The van der Waals surface area contributed by atoms with Gasteiger partial charge >= 0.3 is 5.69 Å². The van der Waals surface area contributed by atoms with E-state index in [0.717, 1.165) is 33.6 Å². The summed E-state index contributed by atoms with van der Waals surface area (Å²) in [5.41, 5.74) is 5.46. The van der Waals surface area contributed by atoms with Gasteiger partial charge in [0.1, 0.15) is 12.4 Å². The van der Waals surface area contributed by atoms with Crippen LogP contribution < -0.4 is 10.4 Å². The van der Waals surface area contributed by atoms with Crippen LogP contribution >= 0.6 is 0 Å². The molecule has 0 fully saturated rings. The molecule has 0 aliphatic rings. The van der Waals surface area contributed by atoms with Gasteiger partial charge in [0.05, 0.1) is 5.69 Å². The van der Waals surface area contributed by atoms with Crippen molar-refractivity contribution in [1.29, 1.82) is 0 Å². The highest BCUT2D eigenvalue weighted by Crippen LogP contribution is 2.25. The Morgan fingerprint density at radius 1 is 1.15 bits per heavy atom.